The fourth-order valence-corrected chi connectivity index (χ4v) is 2.03. The maximum Gasteiger partial charge on any atom is 0.416 e. The number of carbonyl (C=O) groups excluding carboxylic acids is 1. The van der Waals surface area contributed by atoms with E-state index in [0.717, 1.165) is 4.90 Å². The normalized spacial score (nSPS) is 20.2. The summed E-state index contributed by atoms with van der Waals surface area (Å²) < 4.78 is 51.3. The van der Waals surface area contributed by atoms with Crippen molar-refractivity contribution in [2.24, 2.45) is 5.92 Å². The second-order valence-electron chi connectivity index (χ2n) is 4.42. The van der Waals surface area contributed by atoms with Crippen molar-refractivity contribution in [1.29, 1.82) is 0 Å². The average Bonchev–Trinajstić information content (AvgIpc) is 2.69. The van der Waals surface area contributed by atoms with Gasteiger partial charge >= 0.3 is 6.18 Å². The summed E-state index contributed by atoms with van der Waals surface area (Å²) in [6.45, 7) is -0.240. The zero-order valence-corrected chi connectivity index (χ0v) is 9.75. The molecule has 0 aliphatic carbocycles. The van der Waals surface area contributed by atoms with Gasteiger partial charge in [0.15, 0.2) is 0 Å². The number of hydrogen-bond donors (Lipinski definition) is 1. The quantitative estimate of drug-likeness (QED) is 0.842. The molecule has 1 heterocycles. The van der Waals surface area contributed by atoms with Gasteiger partial charge < -0.3 is 10.0 Å². The van der Waals surface area contributed by atoms with Gasteiger partial charge in [-0.1, -0.05) is 0 Å². The monoisotopic (exact) mass is 277 g/mol. The summed E-state index contributed by atoms with van der Waals surface area (Å²) in [7, 11) is 0. The molecule has 0 aromatic heterocycles. The Labute approximate surface area is 106 Å². The summed E-state index contributed by atoms with van der Waals surface area (Å²) in [6.07, 6.45) is -4.59. The molecule has 2 rings (SSSR count). The van der Waals surface area contributed by atoms with Crippen molar-refractivity contribution in [3.05, 3.63) is 29.6 Å². The second-order valence-corrected chi connectivity index (χ2v) is 4.42. The topological polar surface area (TPSA) is 40.5 Å². The van der Waals surface area contributed by atoms with E-state index in [4.69, 9.17) is 5.11 Å². The minimum Gasteiger partial charge on any atom is -0.396 e. The lowest BCUT2D eigenvalue weighted by Gasteiger charge is -2.19. The Morgan fingerprint density at radius 3 is 2.58 bits per heavy atom. The summed E-state index contributed by atoms with van der Waals surface area (Å²) in [4.78, 5) is 12.6. The Hall–Kier alpha value is -1.63. The Balaban J connectivity index is 2.37. The molecule has 3 nitrogen and oxygen atoms in total. The van der Waals surface area contributed by atoms with Crippen LogP contribution < -0.4 is 4.90 Å². The van der Waals surface area contributed by atoms with Crippen LogP contribution in [0.3, 0.4) is 0 Å². The standard InChI is InChI=1S/C12H11F4NO2/c13-9-2-1-8(12(14,15)16)4-10(9)17-5-7(6-18)3-11(17)19/h1-2,4,7,18H,3,5-6H2. The molecule has 1 atom stereocenters. The number of aliphatic hydroxyl groups excluding tert-OH is 1. The molecule has 19 heavy (non-hydrogen) atoms. The van der Waals surface area contributed by atoms with Gasteiger partial charge in [0.25, 0.3) is 0 Å². The molecule has 1 aliphatic heterocycles. The van der Waals surface area contributed by atoms with Gasteiger partial charge in [0.05, 0.1) is 11.3 Å². The summed E-state index contributed by atoms with van der Waals surface area (Å²) in [5.41, 5.74) is -1.40. The van der Waals surface area contributed by atoms with Gasteiger partial charge in [0.1, 0.15) is 5.82 Å². The Morgan fingerprint density at radius 1 is 1.37 bits per heavy atom. The molecular weight excluding hydrogens is 266 g/mol. The van der Waals surface area contributed by atoms with E-state index in [0.29, 0.717) is 18.2 Å². The first-order valence-corrected chi connectivity index (χ1v) is 5.61. The fourth-order valence-electron chi connectivity index (χ4n) is 2.03. The number of aliphatic hydroxyl groups is 1. The minimum atomic E-state index is -4.60. The third-order valence-corrected chi connectivity index (χ3v) is 3.03. The molecule has 104 valence electrons. The van der Waals surface area contributed by atoms with Crippen LogP contribution in [0.1, 0.15) is 12.0 Å². The van der Waals surface area contributed by atoms with Crippen molar-refractivity contribution in [3.63, 3.8) is 0 Å². The molecule has 1 aromatic rings. The highest BCUT2D eigenvalue weighted by molar-refractivity contribution is 5.95. The van der Waals surface area contributed by atoms with Crippen LogP contribution >= 0.6 is 0 Å². The van der Waals surface area contributed by atoms with Crippen LogP contribution in [-0.4, -0.2) is 24.2 Å². The summed E-state index contributed by atoms with van der Waals surface area (Å²) >= 11 is 0. The summed E-state index contributed by atoms with van der Waals surface area (Å²) in [6, 6.07) is 1.94. The Morgan fingerprint density at radius 2 is 2.05 bits per heavy atom. The van der Waals surface area contributed by atoms with Crippen molar-refractivity contribution in [1.82, 2.24) is 0 Å². The van der Waals surface area contributed by atoms with Crippen LogP contribution in [0.5, 0.6) is 0 Å². The number of alkyl halides is 3. The zero-order valence-electron chi connectivity index (χ0n) is 9.75. The van der Waals surface area contributed by atoms with Crippen LogP contribution in [0.15, 0.2) is 18.2 Å². The average molecular weight is 277 g/mol. The first-order chi connectivity index (χ1) is 8.82. The molecule has 0 saturated carbocycles. The van der Waals surface area contributed by atoms with Gasteiger partial charge in [-0.05, 0) is 18.2 Å². The largest absolute Gasteiger partial charge is 0.416 e. The van der Waals surface area contributed by atoms with Crippen LogP contribution in [0.25, 0.3) is 0 Å². The number of amides is 1. The lowest BCUT2D eigenvalue weighted by molar-refractivity contribution is -0.137. The lowest BCUT2D eigenvalue weighted by atomic mass is 10.1. The third kappa shape index (κ3) is 2.70. The van der Waals surface area contributed by atoms with Crippen LogP contribution in [0, 0.1) is 11.7 Å². The molecule has 0 bridgehead atoms. The Kier molecular flexibility index (Phi) is 3.49. The molecule has 7 heteroatoms. The van der Waals surface area contributed by atoms with Gasteiger partial charge in [-0.3, -0.25) is 4.79 Å². The highest BCUT2D eigenvalue weighted by atomic mass is 19.4. The number of rotatable bonds is 2. The maximum absolute atomic E-state index is 13.6. The molecule has 1 amide bonds. The van der Waals surface area contributed by atoms with E-state index in [-0.39, 0.29) is 25.5 Å². The summed E-state index contributed by atoms with van der Waals surface area (Å²) in [5.74, 6) is -1.75. The SMILES string of the molecule is O=C1CC(CO)CN1c1cc(C(F)(F)F)ccc1F. The zero-order chi connectivity index (χ0) is 14.2. The van der Waals surface area contributed by atoms with E-state index < -0.39 is 29.2 Å². The lowest BCUT2D eigenvalue weighted by Crippen LogP contribution is -2.26. The van der Waals surface area contributed by atoms with Crippen molar-refractivity contribution >= 4 is 11.6 Å². The van der Waals surface area contributed by atoms with E-state index in [2.05, 4.69) is 0 Å². The first-order valence-electron chi connectivity index (χ1n) is 5.61. The predicted molar refractivity (Wildman–Crippen MR) is 58.9 cm³/mol. The molecule has 1 fully saturated rings. The molecule has 1 N–H and O–H groups in total. The first kappa shape index (κ1) is 13.8. The second kappa shape index (κ2) is 4.80. The molecule has 1 unspecified atom stereocenters. The van der Waals surface area contributed by atoms with E-state index >= 15 is 0 Å². The molecule has 0 radical (unpaired) electrons. The minimum absolute atomic E-state index is 0.00614. The van der Waals surface area contributed by atoms with Gasteiger partial charge in [0.2, 0.25) is 5.91 Å². The van der Waals surface area contributed by atoms with E-state index in [1.165, 1.54) is 0 Å². The van der Waals surface area contributed by atoms with Gasteiger partial charge in [0, 0.05) is 25.5 Å². The number of halogens is 4. The molecular formula is C12H11F4NO2. The smallest absolute Gasteiger partial charge is 0.396 e. The van der Waals surface area contributed by atoms with Crippen LogP contribution in [0.4, 0.5) is 23.2 Å². The van der Waals surface area contributed by atoms with Crippen LogP contribution in [-0.2, 0) is 11.0 Å². The summed E-state index contributed by atoms with van der Waals surface area (Å²) in [5, 5.41) is 8.95. The van der Waals surface area contributed by atoms with Gasteiger partial charge in [-0.2, -0.15) is 13.2 Å². The maximum atomic E-state index is 13.6. The molecule has 0 spiro atoms. The molecule has 1 saturated heterocycles. The van der Waals surface area contributed by atoms with E-state index in [9.17, 15) is 22.4 Å². The third-order valence-electron chi connectivity index (χ3n) is 3.03. The highest BCUT2D eigenvalue weighted by Crippen LogP contribution is 2.34. The van der Waals surface area contributed by atoms with E-state index in [1.54, 1.807) is 0 Å². The number of nitrogens with zero attached hydrogens (tertiary/aromatic N) is 1. The molecule has 1 aliphatic rings. The van der Waals surface area contributed by atoms with E-state index in [1.807, 2.05) is 0 Å². The van der Waals surface area contributed by atoms with Crippen molar-refractivity contribution in [3.8, 4) is 0 Å². The van der Waals surface area contributed by atoms with Gasteiger partial charge in [-0.25, -0.2) is 4.39 Å². The Bertz CT molecular complexity index is 501. The number of benzene rings is 1. The van der Waals surface area contributed by atoms with Gasteiger partial charge in [-0.15, -0.1) is 0 Å². The fraction of sp³-hybridized carbons (Fsp3) is 0.417. The molecule has 1 aromatic carbocycles. The number of hydrogen-bond acceptors (Lipinski definition) is 2. The van der Waals surface area contributed by atoms with Crippen molar-refractivity contribution in [2.45, 2.75) is 12.6 Å². The number of carbonyl (C=O) groups is 1. The van der Waals surface area contributed by atoms with Crippen LogP contribution in [0.2, 0.25) is 0 Å². The van der Waals surface area contributed by atoms with Crippen molar-refractivity contribution in [2.75, 3.05) is 18.1 Å². The van der Waals surface area contributed by atoms with Crippen molar-refractivity contribution < 1.29 is 27.5 Å². The number of anilines is 1. The predicted octanol–water partition coefficient (Wildman–Crippen LogP) is 2.19. The highest BCUT2D eigenvalue weighted by Gasteiger charge is 2.35.